The Hall–Kier alpha value is -0.0431. The summed E-state index contributed by atoms with van der Waals surface area (Å²) < 4.78 is 0. The summed E-state index contributed by atoms with van der Waals surface area (Å²) >= 11 is 0. The van der Waals surface area contributed by atoms with Crippen LogP contribution in [-0.4, -0.2) is 8.07 Å². The molecule has 6 aliphatic carbocycles. The molecule has 0 spiro atoms. The molecular formula is C35H60Si. The first kappa shape index (κ1) is 26.2. The zero-order chi connectivity index (χ0) is 24.5. The maximum absolute atomic E-state index is 3.98. The van der Waals surface area contributed by atoms with E-state index in [1.807, 2.05) is 0 Å². The van der Waals surface area contributed by atoms with Crippen molar-refractivity contribution in [2.45, 2.75) is 159 Å². The van der Waals surface area contributed by atoms with Crippen molar-refractivity contribution >= 4 is 8.07 Å². The Morgan fingerprint density at radius 3 is 1.83 bits per heavy atom. The summed E-state index contributed by atoms with van der Waals surface area (Å²) in [5, 5.41) is 0. The van der Waals surface area contributed by atoms with Crippen molar-refractivity contribution < 1.29 is 0 Å². The molecule has 0 radical (unpaired) electrons. The molecule has 0 N–H and O–H groups in total. The largest absolute Gasteiger partial charge is 0.103 e. The lowest BCUT2D eigenvalue weighted by atomic mass is 9.73. The highest BCUT2D eigenvalue weighted by atomic mass is 28.3. The number of unbranched alkanes of at least 4 members (excludes halogenated alkanes) is 4. The van der Waals surface area contributed by atoms with Gasteiger partial charge in [0.15, 0.2) is 0 Å². The highest BCUT2D eigenvalue weighted by molar-refractivity contribution is 6.81. The Morgan fingerprint density at radius 1 is 0.583 bits per heavy atom. The minimum Gasteiger partial charge on any atom is -0.103 e. The van der Waals surface area contributed by atoms with Crippen molar-refractivity contribution in [3.63, 3.8) is 0 Å². The van der Waals surface area contributed by atoms with Crippen LogP contribution in [0, 0.1) is 47.3 Å². The van der Waals surface area contributed by atoms with E-state index in [9.17, 15) is 0 Å². The van der Waals surface area contributed by atoms with E-state index in [1.165, 1.54) is 36.8 Å². The van der Waals surface area contributed by atoms with Gasteiger partial charge >= 0.3 is 0 Å². The second-order valence-electron chi connectivity index (χ2n) is 15.3. The van der Waals surface area contributed by atoms with Crippen LogP contribution >= 0.6 is 0 Å². The fourth-order valence-electron chi connectivity index (χ4n) is 12.8. The van der Waals surface area contributed by atoms with Crippen LogP contribution in [0.15, 0.2) is 12.7 Å². The number of fused-ring (bicyclic) bond motifs is 6. The van der Waals surface area contributed by atoms with Gasteiger partial charge in [-0.1, -0.05) is 109 Å². The SMILES string of the molecule is C=CCCCCCC[Si](C)(C1CCCC2C3CCCCC3CC21)C1C2CCCCC2C2CCCCC21. The molecule has 0 aromatic carbocycles. The van der Waals surface area contributed by atoms with Gasteiger partial charge in [0.05, 0.1) is 8.07 Å². The second-order valence-corrected chi connectivity index (χ2v) is 20.2. The van der Waals surface area contributed by atoms with E-state index in [-0.39, 0.29) is 0 Å². The van der Waals surface area contributed by atoms with E-state index in [4.69, 9.17) is 0 Å². The van der Waals surface area contributed by atoms with Gasteiger partial charge in [-0.3, -0.25) is 0 Å². The van der Waals surface area contributed by atoms with Crippen molar-refractivity contribution in [2.24, 2.45) is 47.3 Å². The predicted molar refractivity (Wildman–Crippen MR) is 159 cm³/mol. The molecule has 0 nitrogen and oxygen atoms in total. The van der Waals surface area contributed by atoms with Gasteiger partial charge in [-0.2, -0.15) is 0 Å². The van der Waals surface area contributed by atoms with Gasteiger partial charge in [-0.15, -0.1) is 6.58 Å². The summed E-state index contributed by atoms with van der Waals surface area (Å²) in [4.78, 5) is 0. The van der Waals surface area contributed by atoms with Gasteiger partial charge in [0.2, 0.25) is 0 Å². The van der Waals surface area contributed by atoms with Crippen molar-refractivity contribution in [3.05, 3.63) is 12.7 Å². The molecule has 10 unspecified atom stereocenters. The molecule has 0 aliphatic heterocycles. The van der Waals surface area contributed by atoms with Crippen molar-refractivity contribution in [2.75, 3.05) is 0 Å². The molecule has 0 heterocycles. The minimum absolute atomic E-state index is 1.14. The quantitative estimate of drug-likeness (QED) is 0.165. The zero-order valence-corrected chi connectivity index (χ0v) is 25.1. The number of allylic oxidation sites excluding steroid dienone is 1. The van der Waals surface area contributed by atoms with Crippen LogP contribution in [0.4, 0.5) is 0 Å². The smallest absolute Gasteiger partial charge is 0.0575 e. The fraction of sp³-hybridized carbons (Fsp3) is 0.943. The summed E-state index contributed by atoms with van der Waals surface area (Å²) in [6.07, 6.45) is 35.0. The van der Waals surface area contributed by atoms with Crippen molar-refractivity contribution in [1.82, 2.24) is 0 Å². The normalized spacial score (nSPS) is 45.7. The summed E-state index contributed by atoms with van der Waals surface area (Å²) in [7, 11) is -1.37. The molecule has 0 amide bonds. The lowest BCUT2D eigenvalue weighted by Gasteiger charge is -2.52. The maximum atomic E-state index is 3.98. The Kier molecular flexibility index (Phi) is 8.44. The Bertz CT molecular complexity index is 706. The average Bonchev–Trinajstić information content (AvgIpc) is 3.47. The van der Waals surface area contributed by atoms with Crippen LogP contribution in [0.1, 0.15) is 135 Å². The van der Waals surface area contributed by atoms with Gasteiger partial charge in [-0.05, 0) is 103 Å². The molecule has 6 rings (SSSR count). The third-order valence-corrected chi connectivity index (χ3v) is 20.1. The van der Waals surface area contributed by atoms with Gasteiger partial charge in [0.1, 0.15) is 0 Å². The third kappa shape index (κ3) is 4.77. The first-order valence-corrected chi connectivity index (χ1v) is 20.2. The molecule has 6 fully saturated rings. The molecular weight excluding hydrogens is 448 g/mol. The van der Waals surface area contributed by atoms with Gasteiger partial charge in [-0.25, -0.2) is 0 Å². The van der Waals surface area contributed by atoms with Gasteiger partial charge < -0.3 is 0 Å². The highest BCUT2D eigenvalue weighted by Crippen LogP contribution is 2.69. The molecule has 0 aromatic rings. The van der Waals surface area contributed by atoms with Crippen LogP contribution < -0.4 is 0 Å². The first-order chi connectivity index (χ1) is 17.7. The lowest BCUT2D eigenvalue weighted by Crippen LogP contribution is -2.50. The van der Waals surface area contributed by atoms with E-state index in [0.717, 1.165) is 47.3 Å². The molecule has 6 saturated carbocycles. The standard InChI is InChI=1S/C35H60Si/c1-3-4-5-6-7-14-24-36(2,34-23-15-22-28-27-17-9-8-16-26(27)25-33(28)34)35-31-20-12-10-18-29(31)30-19-11-13-21-32(30)35/h3,26-35H,1,4-25H2,2H3. The van der Waals surface area contributed by atoms with E-state index in [1.54, 1.807) is 115 Å². The Morgan fingerprint density at radius 2 is 1.14 bits per heavy atom. The van der Waals surface area contributed by atoms with Crippen molar-refractivity contribution in [3.8, 4) is 0 Å². The molecule has 0 aromatic heterocycles. The molecule has 0 saturated heterocycles. The van der Waals surface area contributed by atoms with E-state index >= 15 is 0 Å². The number of hydrogen-bond acceptors (Lipinski definition) is 0. The molecule has 204 valence electrons. The van der Waals surface area contributed by atoms with Gasteiger partial charge in [0, 0.05) is 0 Å². The van der Waals surface area contributed by atoms with Crippen LogP contribution in [0.25, 0.3) is 0 Å². The fourth-order valence-corrected chi connectivity index (χ4v) is 20.0. The molecule has 0 bridgehead atoms. The molecule has 36 heavy (non-hydrogen) atoms. The van der Waals surface area contributed by atoms with Crippen LogP contribution in [-0.2, 0) is 0 Å². The summed E-state index contributed by atoms with van der Waals surface area (Å²) in [5.41, 5.74) is 2.41. The van der Waals surface area contributed by atoms with Crippen molar-refractivity contribution in [1.29, 1.82) is 0 Å². The lowest BCUT2D eigenvalue weighted by molar-refractivity contribution is 0.180. The predicted octanol–water partition coefficient (Wildman–Crippen LogP) is 11.2. The number of hydrogen-bond donors (Lipinski definition) is 0. The van der Waals surface area contributed by atoms with E-state index in [0.29, 0.717) is 0 Å². The Labute approximate surface area is 226 Å². The van der Waals surface area contributed by atoms with Crippen LogP contribution in [0.3, 0.4) is 0 Å². The first-order valence-electron chi connectivity index (χ1n) is 17.3. The summed E-state index contributed by atoms with van der Waals surface area (Å²) in [6, 6.07) is 1.71. The monoisotopic (exact) mass is 508 g/mol. The minimum atomic E-state index is -1.37. The summed E-state index contributed by atoms with van der Waals surface area (Å²) in [6.45, 7) is 7.06. The molecule has 1 heteroatoms. The van der Waals surface area contributed by atoms with Crippen LogP contribution in [0.2, 0.25) is 23.7 Å². The van der Waals surface area contributed by atoms with E-state index in [2.05, 4.69) is 19.2 Å². The number of rotatable bonds is 9. The highest BCUT2D eigenvalue weighted by Gasteiger charge is 2.61. The average molecular weight is 509 g/mol. The van der Waals surface area contributed by atoms with Crippen LogP contribution in [0.5, 0.6) is 0 Å². The third-order valence-electron chi connectivity index (χ3n) is 13.9. The molecule has 10 atom stereocenters. The Balaban J connectivity index is 1.29. The van der Waals surface area contributed by atoms with E-state index < -0.39 is 8.07 Å². The molecule has 6 aliphatic rings. The van der Waals surface area contributed by atoms with Gasteiger partial charge in [0.25, 0.3) is 0 Å². The zero-order valence-electron chi connectivity index (χ0n) is 24.1. The second kappa shape index (κ2) is 11.6. The topological polar surface area (TPSA) is 0 Å². The summed E-state index contributed by atoms with van der Waals surface area (Å²) in [5.74, 6) is 9.23. The maximum Gasteiger partial charge on any atom is 0.0575 e.